The largest absolute Gasteiger partial charge is 0.308 e. The van der Waals surface area contributed by atoms with Gasteiger partial charge in [-0.25, -0.2) is 0 Å². The van der Waals surface area contributed by atoms with E-state index in [1.165, 1.54) is 5.56 Å². The molecule has 1 N–H and O–H groups in total. The van der Waals surface area contributed by atoms with E-state index < -0.39 is 0 Å². The van der Waals surface area contributed by atoms with Gasteiger partial charge >= 0.3 is 0 Å². The first-order valence-electron chi connectivity index (χ1n) is 6.34. The lowest BCUT2D eigenvalue weighted by Crippen LogP contribution is -2.18. The Labute approximate surface area is 112 Å². The molecule has 1 unspecified atom stereocenters. The van der Waals surface area contributed by atoms with Crippen LogP contribution in [0, 0.1) is 6.92 Å². The van der Waals surface area contributed by atoms with E-state index >= 15 is 0 Å². The Kier molecular flexibility index (Phi) is 4.44. The molecule has 0 aliphatic carbocycles. The number of benzene rings is 1. The molecular formula is C14H19N3S. The Hall–Kier alpha value is -1.26. The van der Waals surface area contributed by atoms with Gasteiger partial charge in [0.1, 0.15) is 10.0 Å². The van der Waals surface area contributed by atoms with Crippen molar-refractivity contribution < 1.29 is 0 Å². The van der Waals surface area contributed by atoms with Crippen molar-refractivity contribution in [1.82, 2.24) is 15.5 Å². The molecule has 1 aromatic heterocycles. The van der Waals surface area contributed by atoms with Gasteiger partial charge in [0.25, 0.3) is 0 Å². The van der Waals surface area contributed by atoms with Crippen LogP contribution < -0.4 is 5.32 Å². The molecule has 0 spiro atoms. The van der Waals surface area contributed by atoms with E-state index in [0.29, 0.717) is 0 Å². The highest BCUT2D eigenvalue weighted by Crippen LogP contribution is 2.27. The molecule has 1 heterocycles. The highest BCUT2D eigenvalue weighted by Gasteiger charge is 2.12. The fraction of sp³-hybridized carbons (Fsp3) is 0.429. The van der Waals surface area contributed by atoms with Gasteiger partial charge in [-0.1, -0.05) is 42.0 Å². The van der Waals surface area contributed by atoms with Gasteiger partial charge in [-0.15, -0.1) is 10.2 Å². The van der Waals surface area contributed by atoms with Gasteiger partial charge < -0.3 is 5.32 Å². The highest BCUT2D eigenvalue weighted by molar-refractivity contribution is 7.14. The van der Waals surface area contributed by atoms with Crippen LogP contribution in [0.4, 0.5) is 0 Å². The molecule has 0 radical (unpaired) electrons. The molecule has 0 saturated heterocycles. The molecule has 2 aromatic rings. The number of hydrogen-bond donors (Lipinski definition) is 1. The Morgan fingerprint density at radius 3 is 2.89 bits per heavy atom. The van der Waals surface area contributed by atoms with Crippen molar-refractivity contribution in [3.05, 3.63) is 34.8 Å². The fourth-order valence-corrected chi connectivity index (χ4v) is 2.62. The van der Waals surface area contributed by atoms with Gasteiger partial charge in [-0.3, -0.25) is 0 Å². The second-order valence-corrected chi connectivity index (χ2v) is 5.50. The van der Waals surface area contributed by atoms with Crippen LogP contribution in [-0.2, 0) is 0 Å². The lowest BCUT2D eigenvalue weighted by Gasteiger charge is -2.08. The highest BCUT2D eigenvalue weighted by atomic mass is 32.1. The van der Waals surface area contributed by atoms with Crippen molar-refractivity contribution in [1.29, 1.82) is 0 Å². The standard InChI is InChI=1S/C14H19N3S/c1-4-8-15-11(3)13-16-17-14(18-13)12-7-5-6-10(2)9-12/h5-7,9,11,15H,4,8H2,1-3H3. The van der Waals surface area contributed by atoms with Crippen LogP contribution in [-0.4, -0.2) is 16.7 Å². The molecule has 0 fully saturated rings. The van der Waals surface area contributed by atoms with Crippen LogP contribution in [0.5, 0.6) is 0 Å². The summed E-state index contributed by atoms with van der Waals surface area (Å²) in [5.41, 5.74) is 2.41. The van der Waals surface area contributed by atoms with Gasteiger partial charge in [0.15, 0.2) is 0 Å². The minimum Gasteiger partial charge on any atom is -0.308 e. The molecular weight excluding hydrogens is 242 g/mol. The Morgan fingerprint density at radius 1 is 1.33 bits per heavy atom. The summed E-state index contributed by atoms with van der Waals surface area (Å²) >= 11 is 1.67. The molecule has 0 saturated carbocycles. The predicted octanol–water partition coefficient (Wildman–Crippen LogP) is 3.57. The zero-order chi connectivity index (χ0) is 13.0. The minimum atomic E-state index is 0.279. The van der Waals surface area contributed by atoms with E-state index in [1.54, 1.807) is 11.3 Å². The molecule has 18 heavy (non-hydrogen) atoms. The number of hydrogen-bond acceptors (Lipinski definition) is 4. The molecule has 1 atom stereocenters. The van der Waals surface area contributed by atoms with Crippen molar-refractivity contribution in [2.24, 2.45) is 0 Å². The second-order valence-electron chi connectivity index (χ2n) is 4.49. The molecule has 2 rings (SSSR count). The predicted molar refractivity (Wildman–Crippen MR) is 76.8 cm³/mol. The summed E-state index contributed by atoms with van der Waals surface area (Å²) in [5.74, 6) is 0. The molecule has 96 valence electrons. The van der Waals surface area contributed by atoms with Gasteiger partial charge in [0.2, 0.25) is 0 Å². The van der Waals surface area contributed by atoms with E-state index in [1.807, 2.05) is 0 Å². The summed E-state index contributed by atoms with van der Waals surface area (Å²) in [5, 5.41) is 14.1. The van der Waals surface area contributed by atoms with E-state index in [-0.39, 0.29) is 6.04 Å². The Bertz CT molecular complexity index is 507. The SMILES string of the molecule is CCCNC(C)c1nnc(-c2cccc(C)c2)s1. The Balaban J connectivity index is 2.15. The van der Waals surface area contributed by atoms with E-state index in [4.69, 9.17) is 0 Å². The third-order valence-electron chi connectivity index (χ3n) is 2.78. The van der Waals surface area contributed by atoms with Gasteiger partial charge in [-0.05, 0) is 32.9 Å². The van der Waals surface area contributed by atoms with Gasteiger partial charge in [-0.2, -0.15) is 0 Å². The fourth-order valence-electron chi connectivity index (χ4n) is 1.75. The zero-order valence-corrected chi connectivity index (χ0v) is 11.9. The Morgan fingerprint density at radius 2 is 2.17 bits per heavy atom. The van der Waals surface area contributed by atoms with Crippen molar-refractivity contribution in [2.75, 3.05) is 6.54 Å². The third-order valence-corrected chi connectivity index (χ3v) is 3.93. The topological polar surface area (TPSA) is 37.8 Å². The van der Waals surface area contributed by atoms with Gasteiger partial charge in [0.05, 0.1) is 6.04 Å². The maximum atomic E-state index is 4.29. The van der Waals surface area contributed by atoms with Crippen molar-refractivity contribution in [2.45, 2.75) is 33.2 Å². The lowest BCUT2D eigenvalue weighted by atomic mass is 10.1. The molecule has 4 heteroatoms. The first-order chi connectivity index (χ1) is 8.70. The monoisotopic (exact) mass is 261 g/mol. The van der Waals surface area contributed by atoms with Crippen molar-refractivity contribution in [3.8, 4) is 10.6 Å². The van der Waals surface area contributed by atoms with Crippen LogP contribution in [0.2, 0.25) is 0 Å². The van der Waals surface area contributed by atoms with Crippen LogP contribution in [0.1, 0.15) is 36.9 Å². The number of aryl methyl sites for hydroxylation is 1. The first-order valence-corrected chi connectivity index (χ1v) is 7.16. The van der Waals surface area contributed by atoms with Crippen molar-refractivity contribution in [3.63, 3.8) is 0 Å². The van der Waals surface area contributed by atoms with Crippen LogP contribution in [0.3, 0.4) is 0 Å². The third kappa shape index (κ3) is 3.15. The number of aromatic nitrogens is 2. The van der Waals surface area contributed by atoms with Crippen LogP contribution in [0.25, 0.3) is 10.6 Å². The summed E-state index contributed by atoms with van der Waals surface area (Å²) < 4.78 is 0. The molecule has 1 aromatic carbocycles. The number of rotatable bonds is 5. The molecule has 0 aliphatic heterocycles. The quantitative estimate of drug-likeness (QED) is 0.894. The molecule has 0 aliphatic rings. The van der Waals surface area contributed by atoms with Crippen LogP contribution in [0.15, 0.2) is 24.3 Å². The zero-order valence-electron chi connectivity index (χ0n) is 11.1. The maximum Gasteiger partial charge on any atom is 0.147 e. The lowest BCUT2D eigenvalue weighted by molar-refractivity contribution is 0.564. The molecule has 0 amide bonds. The average Bonchev–Trinajstić information content (AvgIpc) is 2.85. The first kappa shape index (κ1) is 13.2. The molecule has 3 nitrogen and oxygen atoms in total. The summed E-state index contributed by atoms with van der Waals surface area (Å²) in [6.45, 7) is 7.41. The average molecular weight is 261 g/mol. The van der Waals surface area contributed by atoms with E-state index in [0.717, 1.165) is 28.5 Å². The maximum absolute atomic E-state index is 4.29. The summed E-state index contributed by atoms with van der Waals surface area (Å²) in [6.07, 6.45) is 1.13. The van der Waals surface area contributed by atoms with Crippen LogP contribution >= 0.6 is 11.3 Å². The number of nitrogens with zero attached hydrogens (tertiary/aromatic N) is 2. The van der Waals surface area contributed by atoms with Gasteiger partial charge in [0, 0.05) is 5.56 Å². The summed E-state index contributed by atoms with van der Waals surface area (Å²) in [6, 6.07) is 8.66. The second kappa shape index (κ2) is 6.07. The van der Waals surface area contributed by atoms with E-state index in [9.17, 15) is 0 Å². The smallest absolute Gasteiger partial charge is 0.147 e. The summed E-state index contributed by atoms with van der Waals surface area (Å²) in [7, 11) is 0. The molecule has 0 bridgehead atoms. The number of nitrogens with one attached hydrogen (secondary N) is 1. The van der Waals surface area contributed by atoms with Crippen molar-refractivity contribution >= 4 is 11.3 Å². The summed E-state index contributed by atoms with van der Waals surface area (Å²) in [4.78, 5) is 0. The normalized spacial score (nSPS) is 12.6. The van der Waals surface area contributed by atoms with E-state index in [2.05, 4.69) is 60.6 Å². The minimum absolute atomic E-state index is 0.279.